The molecule has 4 N–H and O–H groups in total. The number of anilines is 2. The molecule has 2 heterocycles. The molecule has 0 saturated heterocycles. The number of nitrogens with zero attached hydrogens (tertiary/aromatic N) is 3. The fourth-order valence-electron chi connectivity index (χ4n) is 1.74. The lowest BCUT2D eigenvalue weighted by atomic mass is 10.3. The van der Waals surface area contributed by atoms with Crippen LogP contribution < -0.4 is 16.2 Å². The van der Waals surface area contributed by atoms with Crippen LogP contribution in [0.3, 0.4) is 0 Å². The predicted octanol–water partition coefficient (Wildman–Crippen LogP) is 0.968. The Kier molecular flexibility index (Phi) is 3.95. The molecule has 2 rings (SSSR count). The standard InChI is InChI=1S/C11H17N5OS/c1-3-7-6-8-9(16(2)4-5-17)13-11(15-12)14-10(8)18-7/h6,17H,3-5,12H2,1-2H3,(H,13,14,15). The van der Waals surface area contributed by atoms with E-state index >= 15 is 0 Å². The van der Waals surface area contributed by atoms with Crippen LogP contribution in [0, 0.1) is 0 Å². The summed E-state index contributed by atoms with van der Waals surface area (Å²) in [7, 11) is 1.89. The first-order chi connectivity index (χ1) is 8.69. The summed E-state index contributed by atoms with van der Waals surface area (Å²) in [6, 6.07) is 2.10. The van der Waals surface area contributed by atoms with Crippen molar-refractivity contribution in [2.24, 2.45) is 5.84 Å². The number of rotatable bonds is 5. The molecular weight excluding hydrogens is 250 g/mol. The van der Waals surface area contributed by atoms with Crippen LogP contribution in [-0.4, -0.2) is 35.3 Å². The summed E-state index contributed by atoms with van der Waals surface area (Å²) in [6.07, 6.45) is 0.968. The van der Waals surface area contributed by atoms with Crippen LogP contribution >= 0.6 is 11.3 Å². The van der Waals surface area contributed by atoms with Crippen molar-refractivity contribution in [2.45, 2.75) is 13.3 Å². The average Bonchev–Trinajstić information content (AvgIpc) is 2.80. The first kappa shape index (κ1) is 13.0. The zero-order valence-corrected chi connectivity index (χ0v) is 11.3. The average molecular weight is 267 g/mol. The first-order valence-electron chi connectivity index (χ1n) is 5.78. The fraction of sp³-hybridized carbons (Fsp3) is 0.455. The molecule has 0 aliphatic rings. The number of hydrogen-bond donors (Lipinski definition) is 3. The van der Waals surface area contributed by atoms with E-state index in [1.165, 1.54) is 4.88 Å². The van der Waals surface area contributed by atoms with Crippen LogP contribution in [0.25, 0.3) is 10.2 Å². The van der Waals surface area contributed by atoms with Crippen LogP contribution in [0.15, 0.2) is 6.07 Å². The lowest BCUT2D eigenvalue weighted by molar-refractivity contribution is 0.304. The van der Waals surface area contributed by atoms with Gasteiger partial charge >= 0.3 is 0 Å². The van der Waals surface area contributed by atoms with Gasteiger partial charge in [0.1, 0.15) is 10.6 Å². The zero-order chi connectivity index (χ0) is 13.1. The lowest BCUT2D eigenvalue weighted by Gasteiger charge is -2.18. The molecule has 2 aromatic heterocycles. The van der Waals surface area contributed by atoms with Crippen molar-refractivity contribution in [1.82, 2.24) is 9.97 Å². The molecule has 0 aliphatic carbocycles. The molecule has 0 bridgehead atoms. The normalized spacial score (nSPS) is 10.9. The third-order valence-electron chi connectivity index (χ3n) is 2.70. The number of nitrogen functional groups attached to an aromatic ring is 1. The van der Waals surface area contributed by atoms with Crippen molar-refractivity contribution in [3.63, 3.8) is 0 Å². The molecule has 18 heavy (non-hydrogen) atoms. The summed E-state index contributed by atoms with van der Waals surface area (Å²) in [5.74, 6) is 6.57. The van der Waals surface area contributed by atoms with Gasteiger partial charge in [0.05, 0.1) is 12.0 Å². The smallest absolute Gasteiger partial charge is 0.240 e. The Hall–Kier alpha value is -1.44. The third kappa shape index (κ3) is 2.38. The first-order valence-corrected chi connectivity index (χ1v) is 6.60. The van der Waals surface area contributed by atoms with Gasteiger partial charge in [-0.1, -0.05) is 6.92 Å². The molecule has 98 valence electrons. The van der Waals surface area contributed by atoms with Gasteiger partial charge in [-0.25, -0.2) is 10.8 Å². The van der Waals surface area contributed by atoms with E-state index in [0.29, 0.717) is 12.5 Å². The van der Waals surface area contributed by atoms with E-state index in [9.17, 15) is 0 Å². The molecule has 0 spiro atoms. The van der Waals surface area contributed by atoms with Crippen LogP contribution in [0.1, 0.15) is 11.8 Å². The molecule has 7 heteroatoms. The minimum Gasteiger partial charge on any atom is -0.395 e. The summed E-state index contributed by atoms with van der Waals surface area (Å²) in [5, 5.41) is 10.0. The van der Waals surface area contributed by atoms with Crippen molar-refractivity contribution in [2.75, 3.05) is 30.5 Å². The maximum atomic E-state index is 9.03. The summed E-state index contributed by atoms with van der Waals surface area (Å²) in [4.78, 5) is 12.8. The molecule has 0 fully saturated rings. The number of hydrogen-bond acceptors (Lipinski definition) is 7. The van der Waals surface area contributed by atoms with Gasteiger partial charge in [0.25, 0.3) is 0 Å². The quantitative estimate of drug-likeness (QED) is 0.552. The van der Waals surface area contributed by atoms with Crippen molar-refractivity contribution in [1.29, 1.82) is 0 Å². The molecule has 0 atom stereocenters. The Labute approximate surface area is 109 Å². The molecule has 0 radical (unpaired) electrons. The van der Waals surface area contributed by atoms with Crippen LogP contribution in [0.5, 0.6) is 0 Å². The van der Waals surface area contributed by atoms with Gasteiger partial charge in [-0.2, -0.15) is 4.98 Å². The lowest BCUT2D eigenvalue weighted by Crippen LogP contribution is -2.23. The number of aryl methyl sites for hydroxylation is 1. The topological polar surface area (TPSA) is 87.3 Å². The Bertz CT molecular complexity index is 541. The van der Waals surface area contributed by atoms with E-state index in [2.05, 4.69) is 28.4 Å². The summed E-state index contributed by atoms with van der Waals surface area (Å²) >= 11 is 1.64. The number of nitrogens with two attached hydrogens (primary N) is 1. The Morgan fingerprint density at radius 1 is 1.50 bits per heavy atom. The molecule has 0 aromatic carbocycles. The second-order valence-corrected chi connectivity index (χ2v) is 5.06. The van der Waals surface area contributed by atoms with E-state index in [4.69, 9.17) is 10.9 Å². The molecule has 0 unspecified atom stereocenters. The molecule has 0 aliphatic heterocycles. The predicted molar refractivity (Wildman–Crippen MR) is 75.0 cm³/mol. The van der Waals surface area contributed by atoms with Gasteiger partial charge in [0.2, 0.25) is 5.95 Å². The fourth-order valence-corrected chi connectivity index (χ4v) is 2.70. The highest BCUT2D eigenvalue weighted by Crippen LogP contribution is 2.31. The third-order valence-corrected chi connectivity index (χ3v) is 3.87. The second kappa shape index (κ2) is 5.47. The number of fused-ring (bicyclic) bond motifs is 1. The number of thiophene rings is 1. The highest BCUT2D eigenvalue weighted by Gasteiger charge is 2.13. The zero-order valence-electron chi connectivity index (χ0n) is 10.5. The van der Waals surface area contributed by atoms with Gasteiger partial charge in [0.15, 0.2) is 0 Å². The number of nitrogens with one attached hydrogen (secondary N) is 1. The van der Waals surface area contributed by atoms with Gasteiger partial charge in [-0.05, 0) is 12.5 Å². The minimum atomic E-state index is 0.0815. The van der Waals surface area contributed by atoms with Crippen molar-refractivity contribution in [3.05, 3.63) is 10.9 Å². The van der Waals surface area contributed by atoms with E-state index in [0.717, 1.165) is 22.5 Å². The van der Waals surface area contributed by atoms with E-state index in [1.807, 2.05) is 11.9 Å². The molecular formula is C11H17N5OS. The van der Waals surface area contributed by atoms with Gasteiger partial charge in [0, 0.05) is 18.5 Å². The van der Waals surface area contributed by atoms with Crippen molar-refractivity contribution < 1.29 is 5.11 Å². The molecule has 2 aromatic rings. The number of aromatic nitrogens is 2. The SMILES string of the molecule is CCc1cc2c(N(C)CCO)nc(NN)nc2s1. The highest BCUT2D eigenvalue weighted by atomic mass is 32.1. The van der Waals surface area contributed by atoms with Gasteiger partial charge in [-0.3, -0.25) is 5.43 Å². The number of likely N-dealkylation sites (N-methyl/N-ethyl adjacent to an activating group) is 1. The monoisotopic (exact) mass is 267 g/mol. The van der Waals surface area contributed by atoms with Gasteiger partial charge < -0.3 is 10.0 Å². The van der Waals surface area contributed by atoms with E-state index in [-0.39, 0.29) is 6.61 Å². The Morgan fingerprint density at radius 2 is 2.28 bits per heavy atom. The molecule has 6 nitrogen and oxygen atoms in total. The summed E-state index contributed by atoms with van der Waals surface area (Å²) in [5.41, 5.74) is 2.48. The van der Waals surface area contributed by atoms with Crippen LogP contribution in [0.2, 0.25) is 0 Å². The minimum absolute atomic E-state index is 0.0815. The summed E-state index contributed by atoms with van der Waals surface area (Å²) < 4.78 is 0. The molecule has 0 saturated carbocycles. The van der Waals surface area contributed by atoms with E-state index in [1.54, 1.807) is 11.3 Å². The van der Waals surface area contributed by atoms with Crippen LogP contribution in [0.4, 0.5) is 11.8 Å². The van der Waals surface area contributed by atoms with Crippen molar-refractivity contribution >= 4 is 33.3 Å². The maximum absolute atomic E-state index is 9.03. The van der Waals surface area contributed by atoms with Crippen LogP contribution in [-0.2, 0) is 6.42 Å². The maximum Gasteiger partial charge on any atom is 0.240 e. The second-order valence-electron chi connectivity index (χ2n) is 3.95. The van der Waals surface area contributed by atoms with Crippen molar-refractivity contribution in [3.8, 4) is 0 Å². The number of hydrazine groups is 1. The summed E-state index contributed by atoms with van der Waals surface area (Å²) in [6.45, 7) is 2.71. The van der Waals surface area contributed by atoms with E-state index < -0.39 is 0 Å². The highest BCUT2D eigenvalue weighted by molar-refractivity contribution is 7.18. The number of aliphatic hydroxyl groups excluding tert-OH is 1. The van der Waals surface area contributed by atoms with Gasteiger partial charge in [-0.15, -0.1) is 11.3 Å². The molecule has 0 amide bonds. The Morgan fingerprint density at radius 3 is 2.89 bits per heavy atom. The Balaban J connectivity index is 2.56. The largest absolute Gasteiger partial charge is 0.395 e. The number of aliphatic hydroxyl groups is 1.